The predicted octanol–water partition coefficient (Wildman–Crippen LogP) is 4.00. The first-order chi connectivity index (χ1) is 10.2. The van der Waals surface area contributed by atoms with Gasteiger partial charge in [-0.1, -0.05) is 44.2 Å². The summed E-state index contributed by atoms with van der Waals surface area (Å²) in [5.41, 5.74) is 7.96. The van der Waals surface area contributed by atoms with Crippen molar-refractivity contribution in [2.45, 2.75) is 40.2 Å². The summed E-state index contributed by atoms with van der Waals surface area (Å²) >= 11 is 0. The summed E-state index contributed by atoms with van der Waals surface area (Å²) in [6, 6.07) is 11.1. The molecule has 2 aromatic rings. The molecule has 0 fully saturated rings. The fourth-order valence-electron chi connectivity index (χ4n) is 3.21. The Balaban J connectivity index is 2.00. The van der Waals surface area contributed by atoms with Gasteiger partial charge >= 0.3 is 0 Å². The molecule has 0 amide bonds. The van der Waals surface area contributed by atoms with Gasteiger partial charge in [0.15, 0.2) is 0 Å². The molecule has 2 nitrogen and oxygen atoms in total. The van der Waals surface area contributed by atoms with Crippen LogP contribution in [0.2, 0.25) is 0 Å². The highest BCUT2D eigenvalue weighted by atomic mass is 15.1. The van der Waals surface area contributed by atoms with E-state index < -0.39 is 0 Å². The second kappa shape index (κ2) is 5.98. The maximum Gasteiger partial charge on any atom is 0.0740 e. The average Bonchev–Trinajstić information content (AvgIpc) is 2.53. The van der Waals surface area contributed by atoms with Crippen molar-refractivity contribution in [1.29, 1.82) is 0 Å². The van der Waals surface area contributed by atoms with Crippen molar-refractivity contribution in [2.24, 2.45) is 0 Å². The van der Waals surface area contributed by atoms with Gasteiger partial charge in [0.2, 0.25) is 0 Å². The summed E-state index contributed by atoms with van der Waals surface area (Å²) in [6.45, 7) is 9.80. The summed E-state index contributed by atoms with van der Waals surface area (Å²) in [5, 5.41) is 0. The Bertz CT molecular complexity index is 642. The Morgan fingerprint density at radius 2 is 1.76 bits per heavy atom. The summed E-state index contributed by atoms with van der Waals surface area (Å²) in [4.78, 5) is 7.40. The predicted molar refractivity (Wildman–Crippen MR) is 88.4 cm³/mol. The minimum absolute atomic E-state index is 1.01. The highest BCUT2D eigenvalue weighted by molar-refractivity contribution is 5.70. The molecule has 0 spiro atoms. The van der Waals surface area contributed by atoms with Crippen molar-refractivity contribution >= 4 is 0 Å². The minimum Gasteiger partial charge on any atom is -0.300 e. The molecule has 0 aliphatic heterocycles. The number of hydrogen-bond acceptors (Lipinski definition) is 2. The molecule has 1 aliphatic rings. The summed E-state index contributed by atoms with van der Waals surface area (Å²) in [6.07, 6.45) is 2.25. The first kappa shape index (κ1) is 14.3. The maximum absolute atomic E-state index is 4.95. The number of nitrogens with zero attached hydrogens (tertiary/aromatic N) is 2. The Kier molecular flexibility index (Phi) is 4.07. The molecule has 110 valence electrons. The molecule has 1 heterocycles. The van der Waals surface area contributed by atoms with Gasteiger partial charge in [0, 0.05) is 17.8 Å². The molecule has 1 aromatic heterocycles. The van der Waals surface area contributed by atoms with E-state index in [0.717, 1.165) is 32.5 Å². The van der Waals surface area contributed by atoms with Crippen molar-refractivity contribution in [3.63, 3.8) is 0 Å². The van der Waals surface area contributed by atoms with Crippen LogP contribution >= 0.6 is 0 Å². The Labute approximate surface area is 127 Å². The molecule has 0 saturated heterocycles. The number of hydrogen-bond donors (Lipinski definition) is 0. The fourth-order valence-corrected chi connectivity index (χ4v) is 3.21. The van der Waals surface area contributed by atoms with Crippen LogP contribution in [-0.2, 0) is 19.4 Å². The fraction of sp³-hybridized carbons (Fsp3) is 0.421. The summed E-state index contributed by atoms with van der Waals surface area (Å²) < 4.78 is 0. The van der Waals surface area contributed by atoms with Gasteiger partial charge in [0.05, 0.1) is 5.69 Å². The molecule has 0 bridgehead atoms. The third-order valence-corrected chi connectivity index (χ3v) is 4.62. The maximum atomic E-state index is 4.95. The highest BCUT2D eigenvalue weighted by Gasteiger charge is 2.19. The Hall–Kier alpha value is -1.67. The normalized spacial score (nSPS) is 13.1. The lowest BCUT2D eigenvalue weighted by Gasteiger charge is -2.23. The average molecular weight is 280 g/mol. The Morgan fingerprint density at radius 3 is 2.52 bits per heavy atom. The van der Waals surface area contributed by atoms with Crippen LogP contribution in [0, 0.1) is 6.92 Å². The van der Waals surface area contributed by atoms with Crippen LogP contribution in [0.1, 0.15) is 36.2 Å². The third kappa shape index (κ3) is 2.73. The standard InChI is InChI=1S/C19H24N2/c1-4-21(5-2)13-17-12-16-11-10-15-8-6-7-9-18(15)19(16)20-14(17)3/h6-9,12H,4-5,10-11,13H2,1-3H3. The zero-order chi connectivity index (χ0) is 14.8. The van der Waals surface area contributed by atoms with Gasteiger partial charge in [-0.25, -0.2) is 0 Å². The minimum atomic E-state index is 1.01. The first-order valence-electron chi connectivity index (χ1n) is 8.03. The molecule has 1 aliphatic carbocycles. The molecule has 1 aromatic carbocycles. The first-order valence-corrected chi connectivity index (χ1v) is 8.03. The molecule has 0 atom stereocenters. The van der Waals surface area contributed by atoms with Gasteiger partial charge in [-0.2, -0.15) is 0 Å². The van der Waals surface area contributed by atoms with E-state index in [1.165, 1.54) is 33.6 Å². The van der Waals surface area contributed by atoms with E-state index in [2.05, 4.69) is 56.0 Å². The zero-order valence-corrected chi connectivity index (χ0v) is 13.3. The molecule has 0 N–H and O–H groups in total. The SMILES string of the molecule is CCN(CC)Cc1cc2c(nc1C)-c1ccccc1CC2. The van der Waals surface area contributed by atoms with Crippen LogP contribution in [0.3, 0.4) is 0 Å². The van der Waals surface area contributed by atoms with E-state index in [4.69, 9.17) is 4.98 Å². The molecular weight excluding hydrogens is 256 g/mol. The Morgan fingerprint density at radius 1 is 1.05 bits per heavy atom. The van der Waals surface area contributed by atoms with E-state index in [-0.39, 0.29) is 0 Å². The van der Waals surface area contributed by atoms with Crippen LogP contribution in [0.25, 0.3) is 11.3 Å². The van der Waals surface area contributed by atoms with Crippen molar-refractivity contribution in [2.75, 3.05) is 13.1 Å². The zero-order valence-electron chi connectivity index (χ0n) is 13.3. The lowest BCUT2D eigenvalue weighted by atomic mass is 9.88. The number of aryl methyl sites for hydroxylation is 3. The number of fused-ring (bicyclic) bond motifs is 3. The van der Waals surface area contributed by atoms with Crippen LogP contribution in [-0.4, -0.2) is 23.0 Å². The van der Waals surface area contributed by atoms with E-state index in [1.807, 2.05) is 0 Å². The smallest absolute Gasteiger partial charge is 0.0740 e. The quantitative estimate of drug-likeness (QED) is 0.841. The molecular formula is C19H24N2. The summed E-state index contributed by atoms with van der Waals surface area (Å²) in [5.74, 6) is 0. The van der Waals surface area contributed by atoms with E-state index in [1.54, 1.807) is 0 Å². The van der Waals surface area contributed by atoms with E-state index >= 15 is 0 Å². The number of benzene rings is 1. The second-order valence-corrected chi connectivity index (χ2v) is 5.86. The molecule has 0 radical (unpaired) electrons. The van der Waals surface area contributed by atoms with E-state index in [0.29, 0.717) is 0 Å². The van der Waals surface area contributed by atoms with E-state index in [9.17, 15) is 0 Å². The van der Waals surface area contributed by atoms with Crippen LogP contribution in [0.5, 0.6) is 0 Å². The summed E-state index contributed by atoms with van der Waals surface area (Å²) in [7, 11) is 0. The topological polar surface area (TPSA) is 16.1 Å². The van der Waals surface area contributed by atoms with Gasteiger partial charge in [-0.3, -0.25) is 9.88 Å². The molecule has 2 heteroatoms. The second-order valence-electron chi connectivity index (χ2n) is 5.86. The number of rotatable bonds is 4. The molecule has 0 saturated carbocycles. The highest BCUT2D eigenvalue weighted by Crippen LogP contribution is 2.33. The van der Waals surface area contributed by atoms with Crippen LogP contribution < -0.4 is 0 Å². The van der Waals surface area contributed by atoms with Gasteiger partial charge in [0.25, 0.3) is 0 Å². The molecule has 3 rings (SSSR count). The number of pyridine rings is 1. The molecule has 21 heavy (non-hydrogen) atoms. The third-order valence-electron chi connectivity index (χ3n) is 4.62. The van der Waals surface area contributed by atoms with Crippen molar-refractivity contribution < 1.29 is 0 Å². The van der Waals surface area contributed by atoms with Gasteiger partial charge in [-0.05, 0) is 49.5 Å². The largest absolute Gasteiger partial charge is 0.300 e. The van der Waals surface area contributed by atoms with Crippen LogP contribution in [0.4, 0.5) is 0 Å². The van der Waals surface area contributed by atoms with Crippen molar-refractivity contribution in [1.82, 2.24) is 9.88 Å². The lowest BCUT2D eigenvalue weighted by Crippen LogP contribution is -2.23. The van der Waals surface area contributed by atoms with Gasteiger partial charge < -0.3 is 0 Å². The van der Waals surface area contributed by atoms with Crippen molar-refractivity contribution in [3.05, 3.63) is 52.7 Å². The number of aromatic nitrogens is 1. The molecule has 0 unspecified atom stereocenters. The van der Waals surface area contributed by atoms with Gasteiger partial charge in [0.1, 0.15) is 0 Å². The van der Waals surface area contributed by atoms with Gasteiger partial charge in [-0.15, -0.1) is 0 Å². The monoisotopic (exact) mass is 280 g/mol. The lowest BCUT2D eigenvalue weighted by molar-refractivity contribution is 0.295. The van der Waals surface area contributed by atoms with Crippen molar-refractivity contribution in [3.8, 4) is 11.3 Å². The van der Waals surface area contributed by atoms with Crippen LogP contribution in [0.15, 0.2) is 30.3 Å².